The predicted octanol–water partition coefficient (Wildman–Crippen LogP) is 3.05. The number of benzene rings is 1. The van der Waals surface area contributed by atoms with Gasteiger partial charge in [-0.1, -0.05) is 37.5 Å². The fourth-order valence-corrected chi connectivity index (χ4v) is 3.24. The first kappa shape index (κ1) is 12.5. The van der Waals surface area contributed by atoms with Gasteiger partial charge in [0.15, 0.2) is 0 Å². The molecule has 0 unspecified atom stereocenters. The highest BCUT2D eigenvalue weighted by Crippen LogP contribution is 2.27. The average Bonchev–Trinajstić information content (AvgIpc) is 2.48. The zero-order valence-corrected chi connectivity index (χ0v) is 11.4. The van der Waals surface area contributed by atoms with E-state index in [9.17, 15) is 4.79 Å². The molecule has 1 amide bonds. The van der Waals surface area contributed by atoms with Crippen LogP contribution in [0.15, 0.2) is 24.3 Å². The van der Waals surface area contributed by atoms with Crippen molar-refractivity contribution in [3.05, 3.63) is 29.8 Å². The molecule has 102 valence electrons. The molecule has 0 aromatic heterocycles. The van der Waals surface area contributed by atoms with E-state index in [1.165, 1.54) is 30.5 Å². The number of hydrazine groups is 1. The molecule has 3 heteroatoms. The first-order valence-electron chi connectivity index (χ1n) is 7.50. The Morgan fingerprint density at radius 3 is 2.74 bits per heavy atom. The van der Waals surface area contributed by atoms with Crippen molar-refractivity contribution in [2.45, 2.75) is 44.9 Å². The zero-order chi connectivity index (χ0) is 13.1. The smallest absolute Gasteiger partial charge is 0.241 e. The molecule has 3 rings (SSSR count). The topological polar surface area (TPSA) is 32.3 Å². The second-order valence-electron chi connectivity index (χ2n) is 5.69. The third kappa shape index (κ3) is 2.75. The summed E-state index contributed by atoms with van der Waals surface area (Å²) in [6, 6.07) is 8.39. The van der Waals surface area contributed by atoms with Crippen molar-refractivity contribution in [1.82, 2.24) is 5.43 Å². The number of para-hydroxylation sites is 1. The Labute approximate surface area is 115 Å². The van der Waals surface area contributed by atoms with Gasteiger partial charge in [-0.3, -0.25) is 15.2 Å². The van der Waals surface area contributed by atoms with Crippen LogP contribution >= 0.6 is 0 Å². The Kier molecular flexibility index (Phi) is 3.72. The van der Waals surface area contributed by atoms with Crippen LogP contribution in [0, 0.1) is 5.92 Å². The molecular formula is C16H22N2O. The minimum atomic E-state index is 0.219. The quantitative estimate of drug-likeness (QED) is 0.884. The van der Waals surface area contributed by atoms with Crippen molar-refractivity contribution in [2.75, 3.05) is 11.6 Å². The van der Waals surface area contributed by atoms with Gasteiger partial charge in [0, 0.05) is 12.5 Å². The largest absolute Gasteiger partial charge is 0.285 e. The highest BCUT2D eigenvalue weighted by molar-refractivity contribution is 5.80. The molecule has 1 aliphatic heterocycles. The maximum Gasteiger partial charge on any atom is 0.241 e. The van der Waals surface area contributed by atoms with Crippen molar-refractivity contribution in [2.24, 2.45) is 5.92 Å². The van der Waals surface area contributed by atoms with Gasteiger partial charge in [0.25, 0.3) is 0 Å². The molecule has 0 atom stereocenters. The Hall–Kier alpha value is -1.51. The van der Waals surface area contributed by atoms with Crippen LogP contribution in [0.25, 0.3) is 0 Å². The molecule has 1 aromatic rings. The van der Waals surface area contributed by atoms with E-state index in [0.717, 1.165) is 32.2 Å². The van der Waals surface area contributed by atoms with Gasteiger partial charge in [-0.2, -0.15) is 0 Å². The van der Waals surface area contributed by atoms with Crippen LogP contribution in [0.4, 0.5) is 5.69 Å². The number of hydrogen-bond donors (Lipinski definition) is 1. The van der Waals surface area contributed by atoms with Gasteiger partial charge in [0.05, 0.1) is 5.69 Å². The minimum Gasteiger partial charge on any atom is -0.285 e. The van der Waals surface area contributed by atoms with E-state index in [1.807, 2.05) is 6.07 Å². The molecule has 1 fully saturated rings. The fourth-order valence-electron chi connectivity index (χ4n) is 3.24. The van der Waals surface area contributed by atoms with Crippen LogP contribution in [-0.2, 0) is 11.2 Å². The van der Waals surface area contributed by atoms with E-state index in [1.54, 1.807) is 0 Å². The molecule has 1 saturated carbocycles. The highest BCUT2D eigenvalue weighted by atomic mass is 16.2. The normalized spacial score (nSPS) is 19.9. The number of fused-ring (bicyclic) bond motifs is 1. The number of amides is 1. The predicted molar refractivity (Wildman–Crippen MR) is 76.8 cm³/mol. The lowest BCUT2D eigenvalue weighted by molar-refractivity contribution is -0.126. The average molecular weight is 258 g/mol. The molecular weight excluding hydrogens is 236 g/mol. The summed E-state index contributed by atoms with van der Waals surface area (Å²) in [5.74, 6) is 0.444. The van der Waals surface area contributed by atoms with Gasteiger partial charge in [-0.05, 0) is 37.3 Å². The number of carbonyl (C=O) groups excluding carboxylic acids is 1. The van der Waals surface area contributed by atoms with Gasteiger partial charge in [0.2, 0.25) is 5.91 Å². The molecule has 3 nitrogen and oxygen atoms in total. The summed E-state index contributed by atoms with van der Waals surface area (Å²) in [6.07, 6.45) is 8.04. The first-order chi connectivity index (χ1) is 9.34. The minimum absolute atomic E-state index is 0.219. The van der Waals surface area contributed by atoms with E-state index < -0.39 is 0 Å². The monoisotopic (exact) mass is 258 g/mol. The molecule has 1 N–H and O–H groups in total. The number of aryl methyl sites for hydroxylation is 1. The summed E-state index contributed by atoms with van der Waals surface area (Å²) in [4.78, 5) is 12.3. The molecule has 0 radical (unpaired) electrons. The van der Waals surface area contributed by atoms with Gasteiger partial charge in [0.1, 0.15) is 0 Å². The van der Waals surface area contributed by atoms with Gasteiger partial charge in [-0.15, -0.1) is 0 Å². The molecule has 19 heavy (non-hydrogen) atoms. The highest BCUT2D eigenvalue weighted by Gasteiger charge is 2.24. The van der Waals surface area contributed by atoms with E-state index >= 15 is 0 Å². The number of nitrogens with one attached hydrogen (secondary N) is 1. The summed E-state index contributed by atoms with van der Waals surface area (Å²) in [6.45, 7) is 0.926. The lowest BCUT2D eigenvalue weighted by atomic mass is 9.89. The molecule has 1 aromatic carbocycles. The van der Waals surface area contributed by atoms with Crippen molar-refractivity contribution >= 4 is 11.6 Å². The summed E-state index contributed by atoms with van der Waals surface area (Å²) in [5.41, 5.74) is 5.66. The lowest BCUT2D eigenvalue weighted by Crippen LogP contribution is -2.47. The summed E-state index contributed by atoms with van der Waals surface area (Å²) in [5, 5.41) is 2.05. The summed E-state index contributed by atoms with van der Waals surface area (Å²) < 4.78 is 0. The summed E-state index contributed by atoms with van der Waals surface area (Å²) in [7, 11) is 0. The maximum absolute atomic E-state index is 12.3. The Morgan fingerprint density at radius 2 is 1.89 bits per heavy atom. The van der Waals surface area contributed by atoms with Crippen LogP contribution in [0.5, 0.6) is 0 Å². The molecule has 1 aliphatic carbocycles. The number of nitrogens with zero attached hydrogens (tertiary/aromatic N) is 1. The van der Waals surface area contributed by atoms with E-state index in [2.05, 4.69) is 28.6 Å². The second kappa shape index (κ2) is 5.64. The van der Waals surface area contributed by atoms with Crippen LogP contribution in [0.2, 0.25) is 0 Å². The standard InChI is InChI=1S/C16H22N2O/c19-16(14-8-2-1-3-9-14)17-18-12-6-10-13-7-4-5-11-15(13)18/h4-5,7,11,14H,1-3,6,8-10,12H2,(H,17,19). The second-order valence-corrected chi connectivity index (χ2v) is 5.69. The molecule has 2 aliphatic rings. The first-order valence-corrected chi connectivity index (χ1v) is 7.50. The Balaban J connectivity index is 1.68. The van der Waals surface area contributed by atoms with Crippen molar-refractivity contribution in [3.63, 3.8) is 0 Å². The van der Waals surface area contributed by atoms with Crippen LogP contribution in [0.1, 0.15) is 44.1 Å². The summed E-state index contributed by atoms with van der Waals surface area (Å²) >= 11 is 0. The molecule has 0 bridgehead atoms. The molecule has 1 heterocycles. The third-order valence-electron chi connectivity index (χ3n) is 4.33. The lowest BCUT2D eigenvalue weighted by Gasteiger charge is -2.33. The molecule has 0 saturated heterocycles. The maximum atomic E-state index is 12.3. The number of carbonyl (C=O) groups is 1. The van der Waals surface area contributed by atoms with Crippen molar-refractivity contribution < 1.29 is 4.79 Å². The van der Waals surface area contributed by atoms with Gasteiger partial charge >= 0.3 is 0 Å². The van der Waals surface area contributed by atoms with Crippen LogP contribution in [0.3, 0.4) is 0 Å². The van der Waals surface area contributed by atoms with Crippen molar-refractivity contribution in [3.8, 4) is 0 Å². The third-order valence-corrected chi connectivity index (χ3v) is 4.33. The van der Waals surface area contributed by atoms with Gasteiger partial charge in [-0.25, -0.2) is 0 Å². The van der Waals surface area contributed by atoms with E-state index in [4.69, 9.17) is 0 Å². The van der Waals surface area contributed by atoms with Gasteiger partial charge < -0.3 is 0 Å². The number of hydrogen-bond acceptors (Lipinski definition) is 2. The van der Waals surface area contributed by atoms with E-state index in [0.29, 0.717) is 0 Å². The van der Waals surface area contributed by atoms with Crippen molar-refractivity contribution in [1.29, 1.82) is 0 Å². The number of rotatable bonds is 2. The Morgan fingerprint density at radius 1 is 1.11 bits per heavy atom. The SMILES string of the molecule is O=C(NN1CCCc2ccccc21)C1CCCCC1. The zero-order valence-electron chi connectivity index (χ0n) is 11.4. The van der Waals surface area contributed by atoms with Crippen LogP contribution < -0.4 is 10.4 Å². The van der Waals surface area contributed by atoms with Crippen LogP contribution in [-0.4, -0.2) is 12.5 Å². The molecule has 0 spiro atoms. The fraction of sp³-hybridized carbons (Fsp3) is 0.562. The Bertz CT molecular complexity index is 452. The number of anilines is 1. The van der Waals surface area contributed by atoms with E-state index in [-0.39, 0.29) is 11.8 Å².